The summed E-state index contributed by atoms with van der Waals surface area (Å²) in [7, 11) is 0. The maximum absolute atomic E-state index is 8.61. The number of aromatic nitrogens is 1. The van der Waals surface area contributed by atoms with E-state index in [0.29, 0.717) is 0 Å². The Balaban J connectivity index is 2.29. The first-order valence-corrected chi connectivity index (χ1v) is 5.41. The van der Waals surface area contributed by atoms with Gasteiger partial charge in [-0.2, -0.15) is 4.57 Å². The third-order valence-corrected chi connectivity index (χ3v) is 3.01. The van der Waals surface area contributed by atoms with E-state index < -0.39 is 0 Å². The van der Waals surface area contributed by atoms with Crippen LogP contribution in [0.25, 0.3) is 10.2 Å². The van der Waals surface area contributed by atoms with Crippen LogP contribution < -0.4 is 4.57 Å². The van der Waals surface area contributed by atoms with Crippen LogP contribution in [0.15, 0.2) is 41.9 Å². The van der Waals surface area contributed by atoms with Crippen LogP contribution in [0.3, 0.4) is 0 Å². The van der Waals surface area contributed by atoms with Crippen molar-refractivity contribution in [2.24, 2.45) is 0 Å². The third-order valence-electron chi connectivity index (χ3n) is 2.06. The summed E-state index contributed by atoms with van der Waals surface area (Å²) in [5.41, 5.74) is 3.35. The normalized spacial score (nSPS) is 11.5. The molecule has 0 spiro atoms. The zero-order chi connectivity index (χ0) is 9.80. The molecule has 72 valence electrons. The van der Waals surface area contributed by atoms with E-state index in [-0.39, 0.29) is 6.61 Å². The van der Waals surface area contributed by atoms with E-state index in [0.717, 1.165) is 6.54 Å². The topological polar surface area (TPSA) is 24.1 Å². The molecule has 0 bridgehead atoms. The van der Waals surface area contributed by atoms with Gasteiger partial charge in [-0.3, -0.25) is 0 Å². The van der Waals surface area contributed by atoms with Gasteiger partial charge in [0, 0.05) is 6.07 Å². The number of aliphatic hydroxyl groups excluding tert-OH is 1. The van der Waals surface area contributed by atoms with E-state index in [4.69, 9.17) is 5.11 Å². The minimum absolute atomic E-state index is 0.114. The molecule has 0 atom stereocenters. The number of fused-ring (bicyclic) bond motifs is 1. The Hall–Kier alpha value is -1.19. The average Bonchev–Trinajstić information content (AvgIpc) is 2.63. The van der Waals surface area contributed by atoms with Crippen LogP contribution in [0.4, 0.5) is 0 Å². The minimum atomic E-state index is 0.114. The summed E-state index contributed by atoms with van der Waals surface area (Å²) in [4.78, 5) is 0. The van der Waals surface area contributed by atoms with E-state index in [1.54, 1.807) is 17.4 Å². The van der Waals surface area contributed by atoms with Crippen molar-refractivity contribution in [2.45, 2.75) is 6.54 Å². The molecule has 1 aromatic carbocycles. The van der Waals surface area contributed by atoms with Crippen molar-refractivity contribution >= 4 is 21.6 Å². The maximum Gasteiger partial charge on any atom is 0.226 e. The van der Waals surface area contributed by atoms with Gasteiger partial charge in [0.1, 0.15) is 4.70 Å². The van der Waals surface area contributed by atoms with Crippen LogP contribution in [-0.4, -0.2) is 11.7 Å². The highest BCUT2D eigenvalue weighted by atomic mass is 32.1. The van der Waals surface area contributed by atoms with Gasteiger partial charge in [-0.1, -0.05) is 29.5 Å². The molecule has 0 aliphatic rings. The van der Waals surface area contributed by atoms with Gasteiger partial charge in [-0.15, -0.1) is 0 Å². The molecule has 2 nitrogen and oxygen atoms in total. The lowest BCUT2D eigenvalue weighted by atomic mass is 10.3. The Bertz CT molecular complexity index is 447. The second kappa shape index (κ2) is 4.35. The number of hydrogen-bond donors (Lipinski definition) is 1. The van der Waals surface area contributed by atoms with Crippen LogP contribution >= 0.6 is 11.3 Å². The molecule has 3 heteroatoms. The van der Waals surface area contributed by atoms with Crippen LogP contribution in [0.2, 0.25) is 0 Å². The molecule has 0 aliphatic carbocycles. The smallest absolute Gasteiger partial charge is 0.226 e. The van der Waals surface area contributed by atoms with Crippen molar-refractivity contribution in [1.82, 2.24) is 0 Å². The number of para-hydroxylation sites is 1. The second-order valence-electron chi connectivity index (χ2n) is 3.00. The standard InChI is InChI=1S/C11H12NOS/c13-8-4-3-7-12-9-14-11-6-2-1-5-10(11)12/h1-6,9,13H,7-8H2/q+1/b4-3+. The van der Waals surface area contributed by atoms with Crippen LogP contribution in [0.5, 0.6) is 0 Å². The number of rotatable bonds is 3. The van der Waals surface area contributed by atoms with E-state index in [9.17, 15) is 0 Å². The molecular formula is C11H12NOS+. The quantitative estimate of drug-likeness (QED) is 0.600. The summed E-state index contributed by atoms with van der Waals surface area (Å²) in [5.74, 6) is 0. The first-order chi connectivity index (χ1) is 6.92. The van der Waals surface area contributed by atoms with Crippen LogP contribution in [0.1, 0.15) is 0 Å². The highest BCUT2D eigenvalue weighted by Gasteiger charge is 2.07. The lowest BCUT2D eigenvalue weighted by molar-refractivity contribution is -0.656. The van der Waals surface area contributed by atoms with Crippen molar-refractivity contribution in [3.05, 3.63) is 41.9 Å². The molecule has 0 fully saturated rings. The van der Waals surface area contributed by atoms with Crippen molar-refractivity contribution in [2.75, 3.05) is 6.61 Å². The van der Waals surface area contributed by atoms with Gasteiger partial charge in [0.05, 0.1) is 6.61 Å². The zero-order valence-electron chi connectivity index (χ0n) is 7.76. The van der Waals surface area contributed by atoms with Crippen LogP contribution in [0, 0.1) is 0 Å². The summed E-state index contributed by atoms with van der Waals surface area (Å²) in [5, 5.41) is 8.61. The Labute approximate surface area is 86.7 Å². The third kappa shape index (κ3) is 1.84. The number of aliphatic hydroxyl groups is 1. The van der Waals surface area contributed by atoms with Crippen molar-refractivity contribution < 1.29 is 9.67 Å². The molecule has 0 radical (unpaired) electrons. The van der Waals surface area contributed by atoms with Gasteiger partial charge in [-0.05, 0) is 12.1 Å². The molecule has 0 saturated heterocycles. The number of thiazole rings is 1. The Kier molecular flexibility index (Phi) is 2.91. The van der Waals surface area contributed by atoms with Gasteiger partial charge in [0.2, 0.25) is 11.0 Å². The summed E-state index contributed by atoms with van der Waals surface area (Å²) in [6, 6.07) is 8.32. The zero-order valence-corrected chi connectivity index (χ0v) is 8.57. The summed E-state index contributed by atoms with van der Waals surface area (Å²) < 4.78 is 3.47. The predicted octanol–water partition coefficient (Wildman–Crippen LogP) is 1.74. The highest BCUT2D eigenvalue weighted by molar-refractivity contribution is 7.16. The number of nitrogens with zero attached hydrogens (tertiary/aromatic N) is 1. The molecule has 0 aliphatic heterocycles. The Morgan fingerprint density at radius 1 is 1.29 bits per heavy atom. The first kappa shape index (κ1) is 9.37. The van der Waals surface area contributed by atoms with Gasteiger partial charge in [0.25, 0.3) is 0 Å². The maximum atomic E-state index is 8.61. The molecule has 1 heterocycles. The average molecular weight is 206 g/mol. The Morgan fingerprint density at radius 3 is 3.00 bits per heavy atom. The highest BCUT2D eigenvalue weighted by Crippen LogP contribution is 2.14. The van der Waals surface area contributed by atoms with E-state index in [2.05, 4.69) is 22.2 Å². The number of allylic oxidation sites excluding steroid dienone is 1. The van der Waals surface area contributed by atoms with Gasteiger partial charge < -0.3 is 5.11 Å². The lowest BCUT2D eigenvalue weighted by Gasteiger charge is -1.88. The number of hydrogen-bond acceptors (Lipinski definition) is 2. The Morgan fingerprint density at radius 2 is 2.14 bits per heavy atom. The summed E-state index contributed by atoms with van der Waals surface area (Å²) in [6.07, 6.45) is 3.73. The molecule has 2 rings (SSSR count). The molecule has 2 aromatic rings. The fraction of sp³-hybridized carbons (Fsp3) is 0.182. The summed E-state index contributed by atoms with van der Waals surface area (Å²) in [6.45, 7) is 0.938. The molecule has 14 heavy (non-hydrogen) atoms. The van der Waals surface area contributed by atoms with Gasteiger partial charge in [0.15, 0.2) is 6.54 Å². The van der Waals surface area contributed by atoms with Crippen molar-refractivity contribution in [3.8, 4) is 0 Å². The summed E-state index contributed by atoms with van der Waals surface area (Å²) >= 11 is 1.74. The molecule has 0 amide bonds. The molecule has 1 N–H and O–H groups in total. The largest absolute Gasteiger partial charge is 0.392 e. The lowest BCUT2D eigenvalue weighted by Crippen LogP contribution is -2.30. The molecule has 0 unspecified atom stereocenters. The SMILES string of the molecule is OC/C=C/C[n+]1csc2ccccc21. The first-order valence-electron chi connectivity index (χ1n) is 4.53. The van der Waals surface area contributed by atoms with Gasteiger partial charge >= 0.3 is 0 Å². The predicted molar refractivity (Wildman–Crippen MR) is 58.2 cm³/mol. The minimum Gasteiger partial charge on any atom is -0.392 e. The molecule has 1 aromatic heterocycles. The fourth-order valence-electron chi connectivity index (χ4n) is 1.38. The molecular weight excluding hydrogens is 194 g/mol. The van der Waals surface area contributed by atoms with Crippen LogP contribution in [-0.2, 0) is 6.54 Å². The van der Waals surface area contributed by atoms with E-state index >= 15 is 0 Å². The van der Waals surface area contributed by atoms with Crippen molar-refractivity contribution in [1.29, 1.82) is 0 Å². The van der Waals surface area contributed by atoms with E-state index in [1.807, 2.05) is 18.2 Å². The fourth-order valence-corrected chi connectivity index (χ4v) is 2.28. The van der Waals surface area contributed by atoms with E-state index in [1.165, 1.54) is 10.2 Å². The second-order valence-corrected chi connectivity index (χ2v) is 3.88. The molecule has 0 saturated carbocycles. The van der Waals surface area contributed by atoms with Crippen molar-refractivity contribution in [3.63, 3.8) is 0 Å². The number of benzene rings is 1. The van der Waals surface area contributed by atoms with Gasteiger partial charge in [-0.25, -0.2) is 0 Å². The monoisotopic (exact) mass is 206 g/mol.